The average Bonchev–Trinajstić information content (AvgIpc) is 2.60. The first-order valence-corrected chi connectivity index (χ1v) is 7.64. The Bertz CT molecular complexity index is 826. The number of esters is 1. The highest BCUT2D eigenvalue weighted by atomic mass is 35.5. The Labute approximate surface area is 153 Å². The van der Waals surface area contributed by atoms with E-state index in [2.05, 4.69) is 10.3 Å². The minimum atomic E-state index is -0.656. The van der Waals surface area contributed by atoms with Gasteiger partial charge in [0.15, 0.2) is 11.5 Å². The Morgan fingerprint density at radius 2 is 1.64 bits per heavy atom. The molecule has 1 aromatic heterocycles. The molecule has 7 nitrogen and oxygen atoms in total. The van der Waals surface area contributed by atoms with Crippen molar-refractivity contribution in [1.29, 1.82) is 0 Å². The van der Waals surface area contributed by atoms with Crippen molar-refractivity contribution in [2.45, 2.75) is 0 Å². The largest absolute Gasteiger partial charge is 0.493 e. The van der Waals surface area contributed by atoms with Crippen molar-refractivity contribution in [2.24, 2.45) is 0 Å². The van der Waals surface area contributed by atoms with Crippen molar-refractivity contribution in [3.63, 3.8) is 0 Å². The van der Waals surface area contributed by atoms with Gasteiger partial charge in [0.25, 0.3) is 5.91 Å². The molecule has 1 amide bonds. The van der Waals surface area contributed by atoms with E-state index in [0.717, 1.165) is 0 Å². The van der Waals surface area contributed by atoms with Gasteiger partial charge in [0.1, 0.15) is 10.3 Å². The molecule has 0 atom stereocenters. The van der Waals surface area contributed by atoms with Gasteiger partial charge in [0.2, 0.25) is 0 Å². The Hall–Kier alpha value is -2.51. The van der Waals surface area contributed by atoms with E-state index in [9.17, 15) is 9.59 Å². The zero-order valence-corrected chi connectivity index (χ0v) is 15.1. The summed E-state index contributed by atoms with van der Waals surface area (Å²) in [5, 5.41) is 2.68. The van der Waals surface area contributed by atoms with E-state index >= 15 is 0 Å². The monoisotopic (exact) mass is 384 g/mol. The summed E-state index contributed by atoms with van der Waals surface area (Å²) in [6.45, 7) is 0. The molecule has 0 bridgehead atoms. The summed E-state index contributed by atoms with van der Waals surface area (Å²) in [4.78, 5) is 28.3. The van der Waals surface area contributed by atoms with Gasteiger partial charge >= 0.3 is 5.97 Å². The predicted molar refractivity (Wildman–Crippen MR) is 93.1 cm³/mol. The van der Waals surface area contributed by atoms with Crippen molar-refractivity contribution < 1.29 is 23.8 Å². The number of ether oxygens (including phenoxy) is 3. The number of benzene rings is 1. The second kappa shape index (κ2) is 8.04. The van der Waals surface area contributed by atoms with Crippen LogP contribution in [0.1, 0.15) is 20.7 Å². The number of aromatic nitrogens is 1. The van der Waals surface area contributed by atoms with Crippen LogP contribution in [-0.2, 0) is 4.74 Å². The van der Waals surface area contributed by atoms with Crippen molar-refractivity contribution >= 4 is 40.8 Å². The summed E-state index contributed by atoms with van der Waals surface area (Å²) >= 11 is 11.7. The highest BCUT2D eigenvalue weighted by molar-refractivity contribution is 6.35. The fourth-order valence-corrected chi connectivity index (χ4v) is 2.46. The maximum atomic E-state index is 12.5. The minimum absolute atomic E-state index is 0.0647. The predicted octanol–water partition coefficient (Wildman–Crippen LogP) is 3.44. The van der Waals surface area contributed by atoms with E-state index < -0.39 is 11.9 Å². The van der Waals surface area contributed by atoms with Crippen LogP contribution in [0.2, 0.25) is 10.3 Å². The first-order valence-electron chi connectivity index (χ1n) is 6.89. The molecule has 0 radical (unpaired) electrons. The molecule has 0 saturated carbocycles. The SMILES string of the molecule is COC(=O)c1cc(OC)c(OC)cc1NC(=O)c1ccc(Cl)nc1Cl. The molecule has 0 spiro atoms. The molecule has 0 saturated heterocycles. The Kier molecular flexibility index (Phi) is 6.06. The summed E-state index contributed by atoms with van der Waals surface area (Å²) in [5.41, 5.74) is 0.351. The molecule has 0 aliphatic rings. The van der Waals surface area contributed by atoms with Crippen molar-refractivity contribution in [2.75, 3.05) is 26.6 Å². The van der Waals surface area contributed by atoms with E-state index in [0.29, 0.717) is 11.5 Å². The van der Waals surface area contributed by atoms with E-state index in [1.807, 2.05) is 0 Å². The van der Waals surface area contributed by atoms with E-state index in [1.54, 1.807) is 0 Å². The van der Waals surface area contributed by atoms with Crippen molar-refractivity contribution in [3.8, 4) is 11.5 Å². The molecular weight excluding hydrogens is 371 g/mol. The molecule has 1 heterocycles. The lowest BCUT2D eigenvalue weighted by Crippen LogP contribution is -2.16. The summed E-state index contributed by atoms with van der Waals surface area (Å²) in [6.07, 6.45) is 0. The van der Waals surface area contributed by atoms with Gasteiger partial charge in [0, 0.05) is 12.1 Å². The second-order valence-electron chi connectivity index (χ2n) is 4.67. The number of methoxy groups -OCH3 is 3. The Balaban J connectivity index is 2.46. The second-order valence-corrected chi connectivity index (χ2v) is 5.42. The molecule has 2 rings (SSSR count). The molecule has 0 aliphatic heterocycles. The van der Waals surface area contributed by atoms with Crippen LogP contribution >= 0.6 is 23.2 Å². The van der Waals surface area contributed by atoms with Crippen LogP contribution < -0.4 is 14.8 Å². The van der Waals surface area contributed by atoms with Crippen LogP contribution in [0.15, 0.2) is 24.3 Å². The van der Waals surface area contributed by atoms with Gasteiger partial charge in [0.05, 0.1) is 38.1 Å². The summed E-state index contributed by atoms with van der Waals surface area (Å²) in [6, 6.07) is 5.70. The highest BCUT2D eigenvalue weighted by Crippen LogP contribution is 2.34. The molecule has 0 unspecified atom stereocenters. The van der Waals surface area contributed by atoms with Gasteiger partial charge in [-0.3, -0.25) is 4.79 Å². The number of amides is 1. The number of nitrogens with zero attached hydrogens (tertiary/aromatic N) is 1. The van der Waals surface area contributed by atoms with Gasteiger partial charge in [-0.15, -0.1) is 0 Å². The maximum Gasteiger partial charge on any atom is 0.340 e. The van der Waals surface area contributed by atoms with Crippen LogP contribution in [0.25, 0.3) is 0 Å². The number of pyridine rings is 1. The number of rotatable bonds is 5. The lowest BCUT2D eigenvalue weighted by Gasteiger charge is -2.15. The maximum absolute atomic E-state index is 12.5. The number of carbonyl (C=O) groups is 2. The summed E-state index contributed by atoms with van der Waals surface area (Å²) in [5.74, 6) is -0.596. The topological polar surface area (TPSA) is 86.8 Å². The number of hydrogen-bond donors (Lipinski definition) is 1. The lowest BCUT2D eigenvalue weighted by atomic mass is 10.1. The number of carbonyl (C=O) groups excluding carboxylic acids is 2. The Morgan fingerprint density at radius 3 is 2.20 bits per heavy atom. The molecule has 25 heavy (non-hydrogen) atoms. The van der Waals surface area contributed by atoms with Gasteiger partial charge in [-0.2, -0.15) is 0 Å². The van der Waals surface area contributed by atoms with Gasteiger partial charge in [-0.05, 0) is 12.1 Å². The highest BCUT2D eigenvalue weighted by Gasteiger charge is 2.20. The zero-order valence-electron chi connectivity index (χ0n) is 13.6. The van der Waals surface area contributed by atoms with Crippen LogP contribution in [-0.4, -0.2) is 38.2 Å². The van der Waals surface area contributed by atoms with Crippen LogP contribution in [0.5, 0.6) is 11.5 Å². The molecule has 132 valence electrons. The third kappa shape index (κ3) is 4.12. The first kappa shape index (κ1) is 18.8. The third-order valence-corrected chi connectivity index (χ3v) is 3.74. The molecule has 1 N–H and O–H groups in total. The van der Waals surface area contributed by atoms with Gasteiger partial charge in [-0.1, -0.05) is 23.2 Å². The molecule has 9 heteroatoms. The van der Waals surface area contributed by atoms with Crippen LogP contribution in [0, 0.1) is 0 Å². The van der Waals surface area contributed by atoms with Crippen molar-refractivity contribution in [1.82, 2.24) is 4.98 Å². The molecule has 1 aromatic carbocycles. The van der Waals surface area contributed by atoms with Gasteiger partial charge < -0.3 is 19.5 Å². The quantitative estimate of drug-likeness (QED) is 0.627. The molecule has 2 aromatic rings. The smallest absolute Gasteiger partial charge is 0.340 e. The number of nitrogens with one attached hydrogen (secondary N) is 1. The fraction of sp³-hybridized carbons (Fsp3) is 0.188. The summed E-state index contributed by atoms with van der Waals surface area (Å²) in [7, 11) is 4.09. The lowest BCUT2D eigenvalue weighted by molar-refractivity contribution is 0.0601. The van der Waals surface area contributed by atoms with Crippen LogP contribution in [0.4, 0.5) is 5.69 Å². The van der Waals surface area contributed by atoms with E-state index in [-0.39, 0.29) is 27.1 Å². The van der Waals surface area contributed by atoms with Crippen LogP contribution in [0.3, 0.4) is 0 Å². The van der Waals surface area contributed by atoms with E-state index in [4.69, 9.17) is 37.4 Å². The number of halogens is 2. The molecular formula is C16H14Cl2N2O5. The standard InChI is InChI=1S/C16H14Cl2N2O5/c1-23-11-6-9(16(22)25-3)10(7-12(11)24-2)19-15(21)8-4-5-13(17)20-14(8)18/h4-7H,1-3H3,(H,19,21). The first-order chi connectivity index (χ1) is 11.9. The average molecular weight is 385 g/mol. The fourth-order valence-electron chi connectivity index (χ4n) is 2.03. The number of hydrogen-bond acceptors (Lipinski definition) is 6. The number of anilines is 1. The van der Waals surface area contributed by atoms with E-state index in [1.165, 1.54) is 45.6 Å². The summed E-state index contributed by atoms with van der Waals surface area (Å²) < 4.78 is 15.1. The normalized spacial score (nSPS) is 10.1. The molecule has 0 fully saturated rings. The van der Waals surface area contributed by atoms with Gasteiger partial charge in [-0.25, -0.2) is 9.78 Å². The minimum Gasteiger partial charge on any atom is -0.493 e. The Morgan fingerprint density at radius 1 is 1.00 bits per heavy atom. The zero-order chi connectivity index (χ0) is 18.6. The molecule has 0 aliphatic carbocycles. The van der Waals surface area contributed by atoms with Crippen molar-refractivity contribution in [3.05, 3.63) is 45.7 Å². The third-order valence-electron chi connectivity index (χ3n) is 3.24.